The third kappa shape index (κ3) is 3.48. The highest BCUT2D eigenvalue weighted by Crippen LogP contribution is 2.25. The monoisotopic (exact) mass is 290 g/mol. The lowest BCUT2D eigenvalue weighted by atomic mass is 10.1. The normalized spacial score (nSPS) is 10.7. The molecule has 19 heavy (non-hydrogen) atoms. The zero-order valence-electron chi connectivity index (χ0n) is 11.7. The van der Waals surface area contributed by atoms with Crippen LogP contribution in [0.25, 0.3) is 0 Å². The first-order valence-corrected chi connectivity index (χ1v) is 8.08. The predicted octanol–water partition coefficient (Wildman–Crippen LogP) is 4.96. The average molecular weight is 290 g/mol. The van der Waals surface area contributed by atoms with Crippen molar-refractivity contribution in [3.8, 4) is 0 Å². The van der Waals surface area contributed by atoms with Crippen LogP contribution in [0.5, 0.6) is 0 Å². The maximum absolute atomic E-state index is 12.2. The molecule has 0 fully saturated rings. The summed E-state index contributed by atoms with van der Waals surface area (Å²) in [7, 11) is 0. The standard InChI is InChI=1S/C16H18OS2/c1-10-5-6-14(7-11(10)2)18-9-16(17)15-8-12(3)19-13(15)4/h5-8H,9H2,1-4H3. The number of carbonyl (C=O) groups excluding carboxylic acids is 1. The van der Waals surface area contributed by atoms with Crippen molar-refractivity contribution in [2.75, 3.05) is 5.75 Å². The van der Waals surface area contributed by atoms with Gasteiger partial charge in [-0.2, -0.15) is 0 Å². The van der Waals surface area contributed by atoms with Crippen LogP contribution in [0.2, 0.25) is 0 Å². The van der Waals surface area contributed by atoms with E-state index in [1.807, 2.05) is 19.9 Å². The van der Waals surface area contributed by atoms with Gasteiger partial charge in [0.25, 0.3) is 0 Å². The minimum absolute atomic E-state index is 0.227. The molecule has 0 amide bonds. The first-order valence-electron chi connectivity index (χ1n) is 6.27. The summed E-state index contributed by atoms with van der Waals surface area (Å²) >= 11 is 3.31. The second kappa shape index (κ2) is 5.93. The number of aryl methyl sites for hydroxylation is 4. The average Bonchev–Trinajstić information content (AvgIpc) is 2.70. The van der Waals surface area contributed by atoms with E-state index in [1.54, 1.807) is 23.1 Å². The number of ketones is 1. The largest absolute Gasteiger partial charge is 0.293 e. The van der Waals surface area contributed by atoms with Crippen LogP contribution < -0.4 is 0 Å². The van der Waals surface area contributed by atoms with E-state index in [9.17, 15) is 4.79 Å². The van der Waals surface area contributed by atoms with E-state index in [4.69, 9.17) is 0 Å². The molecule has 2 aromatic rings. The highest BCUT2D eigenvalue weighted by atomic mass is 32.2. The Labute approximate surface area is 123 Å². The van der Waals surface area contributed by atoms with Crippen molar-refractivity contribution in [3.05, 3.63) is 50.7 Å². The van der Waals surface area contributed by atoms with Crippen LogP contribution in [-0.2, 0) is 0 Å². The van der Waals surface area contributed by atoms with E-state index < -0.39 is 0 Å². The number of hydrogen-bond acceptors (Lipinski definition) is 3. The summed E-state index contributed by atoms with van der Waals surface area (Å²) in [6, 6.07) is 8.36. The summed E-state index contributed by atoms with van der Waals surface area (Å²) in [6.45, 7) is 8.27. The molecule has 3 heteroatoms. The highest BCUT2D eigenvalue weighted by molar-refractivity contribution is 8.00. The predicted molar refractivity (Wildman–Crippen MR) is 84.8 cm³/mol. The number of Topliss-reactive ketones (excluding diaryl/α,β-unsaturated/α-hetero) is 1. The molecule has 0 aliphatic carbocycles. The summed E-state index contributed by atoms with van der Waals surface area (Å²) in [6.07, 6.45) is 0. The lowest BCUT2D eigenvalue weighted by Crippen LogP contribution is -2.02. The van der Waals surface area contributed by atoms with Crippen LogP contribution in [0.15, 0.2) is 29.2 Å². The molecule has 100 valence electrons. The van der Waals surface area contributed by atoms with Crippen LogP contribution in [0.1, 0.15) is 31.2 Å². The van der Waals surface area contributed by atoms with Gasteiger partial charge in [-0.3, -0.25) is 4.79 Å². The zero-order valence-corrected chi connectivity index (χ0v) is 13.4. The molecule has 2 rings (SSSR count). The lowest BCUT2D eigenvalue weighted by Gasteiger charge is -2.04. The van der Waals surface area contributed by atoms with Crippen molar-refractivity contribution in [3.63, 3.8) is 0 Å². The van der Waals surface area contributed by atoms with Crippen molar-refractivity contribution in [1.29, 1.82) is 0 Å². The third-order valence-electron chi connectivity index (χ3n) is 3.19. The van der Waals surface area contributed by atoms with Gasteiger partial charge in [0.15, 0.2) is 5.78 Å². The second-order valence-electron chi connectivity index (χ2n) is 4.78. The van der Waals surface area contributed by atoms with Gasteiger partial charge in [0.05, 0.1) is 5.75 Å². The van der Waals surface area contributed by atoms with E-state index in [-0.39, 0.29) is 5.78 Å². The van der Waals surface area contributed by atoms with E-state index in [0.717, 1.165) is 10.4 Å². The Hall–Kier alpha value is -1.06. The van der Waals surface area contributed by atoms with Gasteiger partial charge < -0.3 is 0 Å². The van der Waals surface area contributed by atoms with Gasteiger partial charge in [0.1, 0.15) is 0 Å². The first-order chi connectivity index (χ1) is 8.97. The van der Waals surface area contributed by atoms with Gasteiger partial charge in [-0.05, 0) is 57.0 Å². The minimum Gasteiger partial charge on any atom is -0.293 e. The minimum atomic E-state index is 0.227. The van der Waals surface area contributed by atoms with Crippen molar-refractivity contribution >= 4 is 28.9 Å². The molecule has 1 heterocycles. The Kier molecular flexibility index (Phi) is 4.48. The van der Waals surface area contributed by atoms with Crippen molar-refractivity contribution in [2.45, 2.75) is 32.6 Å². The van der Waals surface area contributed by atoms with Crippen LogP contribution in [0, 0.1) is 27.7 Å². The molecule has 0 aliphatic heterocycles. The third-order valence-corrected chi connectivity index (χ3v) is 5.15. The highest BCUT2D eigenvalue weighted by Gasteiger charge is 2.12. The molecule has 0 unspecified atom stereocenters. The number of thioether (sulfide) groups is 1. The molecule has 1 aromatic carbocycles. The van der Waals surface area contributed by atoms with Gasteiger partial charge in [-0.25, -0.2) is 0 Å². The zero-order chi connectivity index (χ0) is 14.0. The van der Waals surface area contributed by atoms with Crippen LogP contribution in [0.3, 0.4) is 0 Å². The number of carbonyl (C=O) groups is 1. The Morgan fingerprint density at radius 1 is 1.11 bits per heavy atom. The number of thiophene rings is 1. The number of benzene rings is 1. The molecule has 0 bridgehead atoms. The van der Waals surface area contributed by atoms with E-state index in [2.05, 4.69) is 32.0 Å². The van der Waals surface area contributed by atoms with Gasteiger partial charge in [-0.1, -0.05) is 6.07 Å². The summed E-state index contributed by atoms with van der Waals surface area (Å²) in [5.41, 5.74) is 3.46. The molecule has 0 radical (unpaired) electrons. The number of hydrogen-bond donors (Lipinski definition) is 0. The molecule has 0 atom stereocenters. The molecule has 0 saturated heterocycles. The summed E-state index contributed by atoms with van der Waals surface area (Å²) in [4.78, 5) is 15.7. The van der Waals surface area contributed by atoms with E-state index >= 15 is 0 Å². The van der Waals surface area contributed by atoms with Gasteiger partial charge >= 0.3 is 0 Å². The van der Waals surface area contributed by atoms with E-state index in [1.165, 1.54) is 20.9 Å². The maximum Gasteiger partial charge on any atom is 0.174 e. The van der Waals surface area contributed by atoms with Gasteiger partial charge in [-0.15, -0.1) is 23.1 Å². The Balaban J connectivity index is 2.04. The molecule has 0 spiro atoms. The quantitative estimate of drug-likeness (QED) is 0.585. The smallest absolute Gasteiger partial charge is 0.174 e. The Morgan fingerprint density at radius 2 is 1.84 bits per heavy atom. The van der Waals surface area contributed by atoms with Crippen LogP contribution >= 0.6 is 23.1 Å². The fraction of sp³-hybridized carbons (Fsp3) is 0.312. The topological polar surface area (TPSA) is 17.1 Å². The fourth-order valence-corrected chi connectivity index (χ4v) is 3.76. The van der Waals surface area contributed by atoms with Gasteiger partial charge in [0.2, 0.25) is 0 Å². The Bertz CT molecular complexity index is 611. The van der Waals surface area contributed by atoms with Crippen molar-refractivity contribution in [1.82, 2.24) is 0 Å². The Morgan fingerprint density at radius 3 is 2.42 bits per heavy atom. The summed E-state index contributed by atoms with van der Waals surface area (Å²) < 4.78 is 0. The van der Waals surface area contributed by atoms with E-state index in [0.29, 0.717) is 5.75 Å². The molecule has 1 aromatic heterocycles. The van der Waals surface area contributed by atoms with Gasteiger partial charge in [0, 0.05) is 20.2 Å². The molecule has 0 aliphatic rings. The molecule has 1 nitrogen and oxygen atoms in total. The number of rotatable bonds is 4. The second-order valence-corrected chi connectivity index (χ2v) is 7.29. The first kappa shape index (κ1) is 14.4. The SMILES string of the molecule is Cc1cc(C(=O)CSc2ccc(C)c(C)c2)c(C)s1. The van der Waals surface area contributed by atoms with Crippen molar-refractivity contribution < 1.29 is 4.79 Å². The fourth-order valence-electron chi connectivity index (χ4n) is 1.94. The van der Waals surface area contributed by atoms with Crippen LogP contribution in [-0.4, -0.2) is 11.5 Å². The summed E-state index contributed by atoms with van der Waals surface area (Å²) in [5.74, 6) is 0.740. The van der Waals surface area contributed by atoms with Crippen molar-refractivity contribution in [2.24, 2.45) is 0 Å². The maximum atomic E-state index is 12.2. The molecule has 0 saturated carbocycles. The molecule has 0 N–H and O–H groups in total. The summed E-state index contributed by atoms with van der Waals surface area (Å²) in [5, 5.41) is 0. The van der Waals surface area contributed by atoms with Crippen LogP contribution in [0.4, 0.5) is 0 Å². The molecular weight excluding hydrogens is 272 g/mol. The lowest BCUT2D eigenvalue weighted by molar-refractivity contribution is 0.102. The molecular formula is C16H18OS2.